The Hall–Kier alpha value is -4.16. The highest BCUT2D eigenvalue weighted by Gasteiger charge is 2.35. The summed E-state index contributed by atoms with van der Waals surface area (Å²) in [5.74, 6) is 0. The molecule has 6 aromatic rings. The van der Waals surface area contributed by atoms with Crippen LogP contribution < -0.4 is 0 Å². The lowest BCUT2D eigenvalue weighted by atomic mass is 9.81. The Morgan fingerprint density at radius 2 is 1.00 bits per heavy atom. The number of fused-ring (bicyclic) bond motifs is 5. The molecule has 6 aromatic carbocycles. The van der Waals surface area contributed by atoms with Crippen molar-refractivity contribution in [1.82, 2.24) is 0 Å². The number of hydrogen-bond acceptors (Lipinski definition) is 0. The lowest BCUT2D eigenvalue weighted by Gasteiger charge is -2.22. The predicted octanol–water partition coefficient (Wildman–Crippen LogP) is 10.3. The zero-order valence-corrected chi connectivity index (χ0v) is 21.9. The van der Waals surface area contributed by atoms with Crippen molar-refractivity contribution in [3.63, 3.8) is 0 Å². The molecule has 0 radical (unpaired) electrons. The second-order valence-electron chi connectivity index (χ2n) is 11.1. The quantitative estimate of drug-likeness (QED) is 0.219. The lowest BCUT2D eigenvalue weighted by Crippen LogP contribution is -2.14. The fraction of sp³-hybridized carbons (Fsp3) is 0.135. The molecule has 0 saturated heterocycles. The normalized spacial score (nSPS) is 13.6. The molecule has 0 N–H and O–H groups in total. The maximum Gasteiger partial charge on any atom is 0.0158 e. The molecule has 0 spiro atoms. The van der Waals surface area contributed by atoms with Crippen LogP contribution in [0.15, 0.2) is 109 Å². The van der Waals surface area contributed by atoms with Gasteiger partial charge in [0, 0.05) is 5.41 Å². The van der Waals surface area contributed by atoms with Crippen LogP contribution in [-0.2, 0) is 5.41 Å². The molecule has 0 heterocycles. The van der Waals surface area contributed by atoms with Crippen LogP contribution in [0.5, 0.6) is 0 Å². The van der Waals surface area contributed by atoms with Crippen LogP contribution in [0.3, 0.4) is 0 Å². The van der Waals surface area contributed by atoms with E-state index in [0.29, 0.717) is 0 Å². The van der Waals surface area contributed by atoms with Crippen LogP contribution in [-0.4, -0.2) is 0 Å². The Labute approximate surface area is 219 Å². The van der Waals surface area contributed by atoms with E-state index in [-0.39, 0.29) is 5.41 Å². The summed E-state index contributed by atoms with van der Waals surface area (Å²) in [5.41, 5.74) is 13.4. The van der Waals surface area contributed by atoms with Gasteiger partial charge in [-0.25, -0.2) is 0 Å². The van der Waals surface area contributed by atoms with Crippen LogP contribution in [0.2, 0.25) is 0 Å². The van der Waals surface area contributed by atoms with Crippen molar-refractivity contribution < 1.29 is 0 Å². The smallest absolute Gasteiger partial charge is 0.0158 e. The minimum Gasteiger partial charge on any atom is -0.0619 e. The summed E-state index contributed by atoms with van der Waals surface area (Å²) in [6, 6.07) is 40.9. The highest BCUT2D eigenvalue weighted by molar-refractivity contribution is 6.21. The van der Waals surface area contributed by atoms with Crippen LogP contribution in [0.4, 0.5) is 0 Å². The van der Waals surface area contributed by atoms with E-state index in [1.165, 1.54) is 77.2 Å². The topological polar surface area (TPSA) is 0 Å². The van der Waals surface area contributed by atoms with Gasteiger partial charge >= 0.3 is 0 Å². The molecule has 0 amide bonds. The molecule has 0 bridgehead atoms. The molecule has 0 unspecified atom stereocenters. The van der Waals surface area contributed by atoms with E-state index in [4.69, 9.17) is 0 Å². The standard InChI is InChI=1S/C37H30/c1-23-13-16-25(17-14-23)35-28-10-5-6-11-29(28)36(32-21-24(2)15-19-30(32)35)26-18-20-34-31(22-26)27-9-7-8-12-33(27)37(34,3)4/h5-22H,1-4H3. The summed E-state index contributed by atoms with van der Waals surface area (Å²) < 4.78 is 0. The third-order valence-electron chi connectivity index (χ3n) is 8.39. The van der Waals surface area contributed by atoms with Crippen molar-refractivity contribution in [1.29, 1.82) is 0 Å². The van der Waals surface area contributed by atoms with Crippen LogP contribution in [0.1, 0.15) is 36.1 Å². The molecule has 0 nitrogen and oxygen atoms in total. The fourth-order valence-electron chi connectivity index (χ4n) is 6.51. The van der Waals surface area contributed by atoms with E-state index in [1.54, 1.807) is 0 Å². The Kier molecular flexibility index (Phi) is 4.72. The number of benzene rings is 6. The summed E-state index contributed by atoms with van der Waals surface area (Å²) in [4.78, 5) is 0. The van der Waals surface area contributed by atoms with E-state index in [2.05, 4.69) is 137 Å². The molecule has 0 saturated carbocycles. The van der Waals surface area contributed by atoms with Gasteiger partial charge in [0.15, 0.2) is 0 Å². The van der Waals surface area contributed by atoms with Crippen LogP contribution in [0, 0.1) is 13.8 Å². The summed E-state index contributed by atoms with van der Waals surface area (Å²) in [6.45, 7) is 9.05. The Balaban J connectivity index is 1.59. The molecule has 0 aliphatic heterocycles. The first kappa shape index (κ1) is 22.1. The fourth-order valence-corrected chi connectivity index (χ4v) is 6.51. The van der Waals surface area contributed by atoms with E-state index >= 15 is 0 Å². The average Bonchev–Trinajstić information content (AvgIpc) is 3.14. The molecular formula is C37H30. The Bertz CT molecular complexity index is 1850. The van der Waals surface area contributed by atoms with E-state index in [0.717, 1.165) is 0 Å². The van der Waals surface area contributed by atoms with Crippen LogP contribution in [0.25, 0.3) is 54.9 Å². The van der Waals surface area contributed by atoms with Gasteiger partial charge in [-0.1, -0.05) is 128 Å². The zero-order valence-electron chi connectivity index (χ0n) is 21.9. The largest absolute Gasteiger partial charge is 0.0619 e. The van der Waals surface area contributed by atoms with Gasteiger partial charge in [-0.2, -0.15) is 0 Å². The van der Waals surface area contributed by atoms with Gasteiger partial charge in [0.1, 0.15) is 0 Å². The monoisotopic (exact) mass is 474 g/mol. The van der Waals surface area contributed by atoms with Gasteiger partial charge in [-0.3, -0.25) is 0 Å². The van der Waals surface area contributed by atoms with E-state index in [9.17, 15) is 0 Å². The highest BCUT2D eigenvalue weighted by atomic mass is 14.4. The maximum absolute atomic E-state index is 2.44. The van der Waals surface area contributed by atoms with Gasteiger partial charge in [0.25, 0.3) is 0 Å². The number of aryl methyl sites for hydroxylation is 2. The first-order valence-corrected chi connectivity index (χ1v) is 13.2. The zero-order chi connectivity index (χ0) is 25.3. The van der Waals surface area contributed by atoms with E-state index in [1.807, 2.05) is 0 Å². The third kappa shape index (κ3) is 3.22. The number of rotatable bonds is 2. The molecule has 37 heavy (non-hydrogen) atoms. The molecule has 0 fully saturated rings. The van der Waals surface area contributed by atoms with Crippen molar-refractivity contribution >= 4 is 21.5 Å². The summed E-state index contributed by atoms with van der Waals surface area (Å²) >= 11 is 0. The molecule has 0 atom stereocenters. The second kappa shape index (κ2) is 7.92. The summed E-state index contributed by atoms with van der Waals surface area (Å²) in [6.07, 6.45) is 0. The van der Waals surface area contributed by atoms with Gasteiger partial charge < -0.3 is 0 Å². The van der Waals surface area contributed by atoms with Crippen molar-refractivity contribution in [3.05, 3.63) is 131 Å². The highest BCUT2D eigenvalue weighted by Crippen LogP contribution is 2.51. The first-order valence-electron chi connectivity index (χ1n) is 13.2. The maximum atomic E-state index is 2.44. The summed E-state index contributed by atoms with van der Waals surface area (Å²) in [7, 11) is 0. The molecular weight excluding hydrogens is 444 g/mol. The molecule has 178 valence electrons. The van der Waals surface area contributed by atoms with Gasteiger partial charge in [0.2, 0.25) is 0 Å². The third-order valence-corrected chi connectivity index (χ3v) is 8.39. The first-order chi connectivity index (χ1) is 17.9. The van der Waals surface area contributed by atoms with E-state index < -0.39 is 0 Å². The van der Waals surface area contributed by atoms with Crippen LogP contribution >= 0.6 is 0 Å². The van der Waals surface area contributed by atoms with Crippen molar-refractivity contribution in [2.75, 3.05) is 0 Å². The molecule has 1 aliphatic carbocycles. The van der Waals surface area contributed by atoms with Gasteiger partial charge in [-0.05, 0) is 86.0 Å². The predicted molar refractivity (Wildman–Crippen MR) is 159 cm³/mol. The SMILES string of the molecule is Cc1ccc(-c2c3ccccc3c(-c3ccc4c(c3)-c3ccccc3C4(C)C)c3cc(C)ccc23)cc1. The van der Waals surface area contributed by atoms with Crippen molar-refractivity contribution in [3.8, 4) is 33.4 Å². The molecule has 0 aromatic heterocycles. The van der Waals surface area contributed by atoms with Gasteiger partial charge in [-0.15, -0.1) is 0 Å². The average molecular weight is 475 g/mol. The second-order valence-corrected chi connectivity index (χ2v) is 11.1. The lowest BCUT2D eigenvalue weighted by molar-refractivity contribution is 0.660. The Morgan fingerprint density at radius 1 is 0.432 bits per heavy atom. The van der Waals surface area contributed by atoms with Gasteiger partial charge in [0.05, 0.1) is 0 Å². The minimum atomic E-state index is 0.0144. The van der Waals surface area contributed by atoms with Crippen molar-refractivity contribution in [2.45, 2.75) is 33.1 Å². The molecule has 1 aliphatic rings. The summed E-state index contributed by atoms with van der Waals surface area (Å²) in [5, 5.41) is 5.24. The molecule has 0 heteroatoms. The molecule has 7 rings (SSSR count). The Morgan fingerprint density at radius 3 is 1.76 bits per heavy atom. The number of hydrogen-bond donors (Lipinski definition) is 0. The van der Waals surface area contributed by atoms with Crippen molar-refractivity contribution in [2.24, 2.45) is 0 Å². The minimum absolute atomic E-state index is 0.0144.